The van der Waals surface area contributed by atoms with E-state index < -0.39 is 0 Å². The summed E-state index contributed by atoms with van der Waals surface area (Å²) < 4.78 is 6.04. The van der Waals surface area contributed by atoms with Crippen molar-refractivity contribution in [2.45, 2.75) is 71.5 Å². The van der Waals surface area contributed by atoms with Gasteiger partial charge in [-0.1, -0.05) is 13.3 Å². The van der Waals surface area contributed by atoms with E-state index in [1.165, 1.54) is 12.8 Å². The average Bonchev–Trinajstić information content (AvgIpc) is 2.66. The van der Waals surface area contributed by atoms with Crippen LogP contribution in [0.4, 0.5) is 0 Å². The van der Waals surface area contributed by atoms with E-state index in [-0.39, 0.29) is 23.0 Å². The Bertz CT molecular complexity index is 317. The van der Waals surface area contributed by atoms with Crippen molar-refractivity contribution >= 4 is 5.78 Å². The van der Waals surface area contributed by atoms with Crippen LogP contribution in [-0.4, -0.2) is 17.0 Å². The largest absolute Gasteiger partial charge is 0.369 e. The molecule has 0 amide bonds. The average molecular weight is 238 g/mol. The third-order valence-electron chi connectivity index (χ3n) is 4.64. The fourth-order valence-corrected chi connectivity index (χ4v) is 3.83. The molecule has 3 unspecified atom stereocenters. The van der Waals surface area contributed by atoms with Gasteiger partial charge in [0, 0.05) is 11.8 Å². The number of Topliss-reactive ketones (excluding diaryl/α,β-unsaturated/α-hetero) is 1. The SMILES string of the molecule is CC1CCCC1C(=O)C1CC(C)(C)OC1(C)C. The van der Waals surface area contributed by atoms with Crippen LogP contribution in [0.15, 0.2) is 0 Å². The molecule has 17 heavy (non-hydrogen) atoms. The highest BCUT2D eigenvalue weighted by Gasteiger charge is 2.51. The van der Waals surface area contributed by atoms with Crippen LogP contribution in [0.25, 0.3) is 0 Å². The van der Waals surface area contributed by atoms with Gasteiger partial charge in [-0.25, -0.2) is 0 Å². The maximum atomic E-state index is 12.7. The van der Waals surface area contributed by atoms with E-state index in [1.807, 2.05) is 0 Å². The molecule has 2 aliphatic rings. The molecular formula is C15H26O2. The Balaban J connectivity index is 2.14. The number of ketones is 1. The highest BCUT2D eigenvalue weighted by Crippen LogP contribution is 2.46. The lowest BCUT2D eigenvalue weighted by atomic mass is 9.77. The highest BCUT2D eigenvalue weighted by molar-refractivity contribution is 5.85. The van der Waals surface area contributed by atoms with Crippen molar-refractivity contribution in [3.8, 4) is 0 Å². The van der Waals surface area contributed by atoms with Crippen molar-refractivity contribution in [2.75, 3.05) is 0 Å². The first-order valence-corrected chi connectivity index (χ1v) is 6.97. The molecule has 0 aromatic rings. The van der Waals surface area contributed by atoms with Gasteiger partial charge >= 0.3 is 0 Å². The van der Waals surface area contributed by atoms with Gasteiger partial charge in [0.15, 0.2) is 0 Å². The lowest BCUT2D eigenvalue weighted by Crippen LogP contribution is -2.37. The van der Waals surface area contributed by atoms with Gasteiger partial charge in [-0.2, -0.15) is 0 Å². The second-order valence-electron chi connectivity index (χ2n) is 7.14. The molecule has 1 aliphatic carbocycles. The second kappa shape index (κ2) is 4.08. The zero-order valence-electron chi connectivity index (χ0n) is 11.9. The van der Waals surface area contributed by atoms with Crippen LogP contribution >= 0.6 is 0 Å². The molecule has 2 fully saturated rings. The monoisotopic (exact) mass is 238 g/mol. The van der Waals surface area contributed by atoms with Gasteiger partial charge in [0.1, 0.15) is 5.78 Å². The minimum Gasteiger partial charge on any atom is -0.369 e. The van der Waals surface area contributed by atoms with Crippen LogP contribution < -0.4 is 0 Å². The Morgan fingerprint density at radius 2 is 1.82 bits per heavy atom. The first kappa shape index (κ1) is 13.1. The molecule has 1 aliphatic heterocycles. The van der Waals surface area contributed by atoms with Crippen LogP contribution in [0.3, 0.4) is 0 Å². The summed E-state index contributed by atoms with van der Waals surface area (Å²) in [6, 6.07) is 0. The summed E-state index contributed by atoms with van der Waals surface area (Å²) >= 11 is 0. The molecule has 2 rings (SSSR count). The Morgan fingerprint density at radius 1 is 1.18 bits per heavy atom. The van der Waals surface area contributed by atoms with E-state index in [2.05, 4.69) is 34.6 Å². The summed E-state index contributed by atoms with van der Waals surface area (Å²) in [5, 5.41) is 0. The minimum absolute atomic E-state index is 0.0862. The fraction of sp³-hybridized carbons (Fsp3) is 0.933. The summed E-state index contributed by atoms with van der Waals surface area (Å²) in [4.78, 5) is 12.7. The Kier molecular flexibility index (Phi) is 3.14. The van der Waals surface area contributed by atoms with Crippen LogP contribution in [-0.2, 0) is 9.53 Å². The third kappa shape index (κ3) is 2.42. The molecule has 98 valence electrons. The van der Waals surface area contributed by atoms with Gasteiger partial charge in [0.25, 0.3) is 0 Å². The summed E-state index contributed by atoms with van der Waals surface area (Å²) in [6.45, 7) is 10.6. The van der Waals surface area contributed by atoms with E-state index in [0.717, 1.165) is 12.8 Å². The van der Waals surface area contributed by atoms with Crippen LogP contribution in [0, 0.1) is 17.8 Å². The Morgan fingerprint density at radius 3 is 2.24 bits per heavy atom. The van der Waals surface area contributed by atoms with Crippen LogP contribution in [0.5, 0.6) is 0 Å². The Hall–Kier alpha value is -0.370. The van der Waals surface area contributed by atoms with Gasteiger partial charge in [0.05, 0.1) is 11.2 Å². The summed E-state index contributed by atoms with van der Waals surface area (Å²) in [7, 11) is 0. The van der Waals surface area contributed by atoms with Gasteiger partial charge < -0.3 is 4.74 Å². The normalized spacial score (nSPS) is 39.5. The number of carbonyl (C=O) groups excluding carboxylic acids is 1. The van der Waals surface area contributed by atoms with E-state index in [0.29, 0.717) is 11.7 Å². The zero-order chi connectivity index (χ0) is 12.8. The molecule has 0 aromatic carbocycles. The van der Waals surface area contributed by atoms with Crippen molar-refractivity contribution in [3.05, 3.63) is 0 Å². The maximum absolute atomic E-state index is 12.7. The predicted octanol–water partition coefficient (Wildman–Crippen LogP) is 3.59. The third-order valence-corrected chi connectivity index (χ3v) is 4.64. The number of rotatable bonds is 2. The van der Waals surface area contributed by atoms with Crippen LogP contribution in [0.2, 0.25) is 0 Å². The summed E-state index contributed by atoms with van der Waals surface area (Å²) in [5.41, 5.74) is -0.436. The van der Waals surface area contributed by atoms with E-state index in [4.69, 9.17) is 4.74 Å². The molecular weight excluding hydrogens is 212 g/mol. The molecule has 1 heterocycles. The van der Waals surface area contributed by atoms with Crippen molar-refractivity contribution in [3.63, 3.8) is 0 Å². The lowest BCUT2D eigenvalue weighted by molar-refractivity contribution is -0.134. The fourth-order valence-electron chi connectivity index (χ4n) is 3.83. The van der Waals surface area contributed by atoms with Crippen molar-refractivity contribution in [1.29, 1.82) is 0 Å². The quantitative estimate of drug-likeness (QED) is 0.735. The standard InChI is InChI=1S/C15H26O2/c1-10-7-6-8-11(10)13(16)12-9-14(2,3)17-15(12,4)5/h10-12H,6-9H2,1-5H3. The lowest BCUT2D eigenvalue weighted by Gasteiger charge is -2.28. The summed E-state index contributed by atoms with van der Waals surface area (Å²) in [5.74, 6) is 1.41. The molecule has 0 bridgehead atoms. The molecule has 0 aromatic heterocycles. The van der Waals surface area contributed by atoms with Gasteiger partial charge in [-0.15, -0.1) is 0 Å². The van der Waals surface area contributed by atoms with Crippen molar-refractivity contribution < 1.29 is 9.53 Å². The molecule has 0 N–H and O–H groups in total. The molecule has 1 saturated heterocycles. The predicted molar refractivity (Wildman–Crippen MR) is 68.9 cm³/mol. The molecule has 1 saturated carbocycles. The first-order valence-electron chi connectivity index (χ1n) is 6.97. The highest BCUT2D eigenvalue weighted by atomic mass is 16.5. The molecule has 2 nitrogen and oxygen atoms in total. The maximum Gasteiger partial charge on any atom is 0.142 e. The van der Waals surface area contributed by atoms with Gasteiger partial charge in [-0.3, -0.25) is 4.79 Å². The molecule has 0 spiro atoms. The van der Waals surface area contributed by atoms with E-state index >= 15 is 0 Å². The molecule has 0 radical (unpaired) electrons. The first-order chi connectivity index (χ1) is 7.73. The van der Waals surface area contributed by atoms with Gasteiger partial charge in [-0.05, 0) is 52.9 Å². The van der Waals surface area contributed by atoms with Gasteiger partial charge in [0.2, 0.25) is 0 Å². The smallest absolute Gasteiger partial charge is 0.142 e. The van der Waals surface area contributed by atoms with Crippen LogP contribution in [0.1, 0.15) is 60.3 Å². The van der Waals surface area contributed by atoms with Crippen molar-refractivity contribution in [1.82, 2.24) is 0 Å². The molecule has 2 heteroatoms. The number of hydrogen-bond donors (Lipinski definition) is 0. The van der Waals surface area contributed by atoms with E-state index in [1.54, 1.807) is 0 Å². The number of carbonyl (C=O) groups is 1. The Labute approximate surface area is 105 Å². The molecule has 3 atom stereocenters. The van der Waals surface area contributed by atoms with Crippen molar-refractivity contribution in [2.24, 2.45) is 17.8 Å². The summed E-state index contributed by atoms with van der Waals surface area (Å²) in [6.07, 6.45) is 4.40. The topological polar surface area (TPSA) is 26.3 Å². The number of hydrogen-bond acceptors (Lipinski definition) is 2. The minimum atomic E-state index is -0.289. The number of ether oxygens (including phenoxy) is 1. The van der Waals surface area contributed by atoms with E-state index in [9.17, 15) is 4.79 Å². The second-order valence-corrected chi connectivity index (χ2v) is 7.14. The zero-order valence-corrected chi connectivity index (χ0v) is 11.9.